The Labute approximate surface area is 118 Å². The van der Waals surface area contributed by atoms with Crippen molar-refractivity contribution < 1.29 is 4.74 Å². The number of ether oxygens (including phenoxy) is 1. The van der Waals surface area contributed by atoms with Crippen LogP contribution in [0.1, 0.15) is 12.8 Å². The molecule has 0 fully saturated rings. The zero-order valence-electron chi connectivity index (χ0n) is 11.3. The highest BCUT2D eigenvalue weighted by molar-refractivity contribution is 7.99. The van der Waals surface area contributed by atoms with E-state index in [1.165, 1.54) is 12.8 Å². The highest BCUT2D eigenvalue weighted by Gasteiger charge is 2.01. The van der Waals surface area contributed by atoms with Gasteiger partial charge >= 0.3 is 0 Å². The molecule has 19 heavy (non-hydrogen) atoms. The lowest BCUT2D eigenvalue weighted by Gasteiger charge is -2.03. The van der Waals surface area contributed by atoms with Crippen molar-refractivity contribution >= 4 is 22.8 Å². The van der Waals surface area contributed by atoms with E-state index in [0.717, 1.165) is 41.6 Å². The number of aromatic nitrogens is 2. The molecule has 1 heterocycles. The molecule has 2 N–H and O–H groups in total. The lowest BCUT2D eigenvalue weighted by Crippen LogP contribution is -2.20. The summed E-state index contributed by atoms with van der Waals surface area (Å²) >= 11 is 1.80. The van der Waals surface area contributed by atoms with Gasteiger partial charge in [0.15, 0.2) is 5.16 Å². The number of imidazole rings is 1. The number of unbranched alkanes of at least 4 members (excludes halogenated alkanes) is 1. The van der Waals surface area contributed by atoms with Gasteiger partial charge in [-0.3, -0.25) is 0 Å². The highest BCUT2D eigenvalue weighted by Crippen LogP contribution is 2.19. The average Bonchev–Trinajstić information content (AvgIpc) is 2.84. The van der Waals surface area contributed by atoms with Crippen molar-refractivity contribution in [3.8, 4) is 0 Å². The summed E-state index contributed by atoms with van der Waals surface area (Å²) in [5.41, 5.74) is 2.16. The molecule has 0 aliphatic carbocycles. The molecule has 0 aliphatic rings. The summed E-state index contributed by atoms with van der Waals surface area (Å²) in [7, 11) is 1.73. The number of nitrogens with one attached hydrogen (secondary N) is 2. The third kappa shape index (κ3) is 4.86. The number of aromatic amines is 1. The molecule has 5 heteroatoms. The number of fused-ring (bicyclic) bond motifs is 1. The monoisotopic (exact) mass is 279 g/mol. The Kier molecular flexibility index (Phi) is 6.20. The minimum absolute atomic E-state index is 0.785. The first-order valence-electron chi connectivity index (χ1n) is 6.67. The zero-order valence-corrected chi connectivity index (χ0v) is 12.1. The summed E-state index contributed by atoms with van der Waals surface area (Å²) in [6.45, 7) is 2.78. The van der Waals surface area contributed by atoms with Crippen molar-refractivity contribution in [2.45, 2.75) is 18.0 Å². The molecule has 0 aliphatic heterocycles. The van der Waals surface area contributed by atoms with E-state index in [9.17, 15) is 0 Å². The molecule has 2 aromatic rings. The Morgan fingerprint density at radius 2 is 2.16 bits per heavy atom. The number of para-hydroxylation sites is 2. The molecule has 4 nitrogen and oxygen atoms in total. The van der Waals surface area contributed by atoms with Crippen LogP contribution in [0.5, 0.6) is 0 Å². The van der Waals surface area contributed by atoms with Gasteiger partial charge in [0.2, 0.25) is 0 Å². The quantitative estimate of drug-likeness (QED) is 0.547. The van der Waals surface area contributed by atoms with E-state index in [4.69, 9.17) is 4.74 Å². The van der Waals surface area contributed by atoms with Crippen LogP contribution < -0.4 is 5.32 Å². The number of hydrogen-bond acceptors (Lipinski definition) is 4. The Morgan fingerprint density at radius 3 is 3.00 bits per heavy atom. The molecule has 0 radical (unpaired) electrons. The maximum absolute atomic E-state index is 4.98. The van der Waals surface area contributed by atoms with Crippen molar-refractivity contribution in [3.63, 3.8) is 0 Å². The second-order valence-corrected chi connectivity index (χ2v) is 5.44. The number of benzene rings is 1. The van der Waals surface area contributed by atoms with Gasteiger partial charge in [-0.1, -0.05) is 23.9 Å². The maximum Gasteiger partial charge on any atom is 0.166 e. The van der Waals surface area contributed by atoms with Crippen LogP contribution in [0, 0.1) is 0 Å². The molecule has 104 valence electrons. The summed E-state index contributed by atoms with van der Waals surface area (Å²) in [4.78, 5) is 7.88. The fourth-order valence-corrected chi connectivity index (χ4v) is 2.70. The predicted octanol–water partition coefficient (Wildman–Crippen LogP) is 2.67. The van der Waals surface area contributed by atoms with Crippen molar-refractivity contribution in [1.29, 1.82) is 0 Å². The zero-order chi connectivity index (χ0) is 13.3. The number of H-pyrrole nitrogens is 1. The normalized spacial score (nSPS) is 11.2. The number of thioether (sulfide) groups is 1. The summed E-state index contributed by atoms with van der Waals surface area (Å²) < 4.78 is 4.98. The molecular formula is C14H21N3OS. The molecule has 0 bridgehead atoms. The van der Waals surface area contributed by atoms with Crippen LogP contribution in [0.25, 0.3) is 11.0 Å². The summed E-state index contributed by atoms with van der Waals surface area (Å²) in [5, 5.41) is 4.37. The summed E-state index contributed by atoms with van der Waals surface area (Å²) in [6, 6.07) is 8.14. The first kappa shape index (κ1) is 14.4. The standard InChI is InChI=1S/C14H21N3OS/c1-18-10-9-15-8-4-5-11-19-14-16-12-6-2-3-7-13(12)17-14/h2-3,6-7,15H,4-5,8-11H2,1H3,(H,16,17). The van der Waals surface area contributed by atoms with Crippen LogP contribution in [-0.4, -0.2) is 42.5 Å². The van der Waals surface area contributed by atoms with E-state index < -0.39 is 0 Å². The Bertz CT molecular complexity index is 453. The lowest BCUT2D eigenvalue weighted by atomic mass is 10.3. The largest absolute Gasteiger partial charge is 0.383 e. The van der Waals surface area contributed by atoms with Gasteiger partial charge in [-0.25, -0.2) is 4.98 Å². The lowest BCUT2D eigenvalue weighted by molar-refractivity contribution is 0.199. The van der Waals surface area contributed by atoms with Crippen molar-refractivity contribution in [3.05, 3.63) is 24.3 Å². The Morgan fingerprint density at radius 1 is 1.26 bits per heavy atom. The number of hydrogen-bond donors (Lipinski definition) is 2. The van der Waals surface area contributed by atoms with E-state index in [0.29, 0.717) is 0 Å². The molecule has 0 spiro atoms. The van der Waals surface area contributed by atoms with Gasteiger partial charge in [0.1, 0.15) is 0 Å². The second kappa shape index (κ2) is 8.19. The molecule has 0 unspecified atom stereocenters. The van der Waals surface area contributed by atoms with Gasteiger partial charge in [-0.2, -0.15) is 0 Å². The SMILES string of the molecule is COCCNCCCCSc1nc2ccccc2[nH]1. The number of rotatable bonds is 9. The second-order valence-electron chi connectivity index (χ2n) is 4.36. The van der Waals surface area contributed by atoms with Gasteiger partial charge < -0.3 is 15.0 Å². The highest BCUT2D eigenvalue weighted by atomic mass is 32.2. The van der Waals surface area contributed by atoms with Gasteiger partial charge in [0, 0.05) is 19.4 Å². The molecule has 0 saturated carbocycles. The van der Waals surface area contributed by atoms with Crippen molar-refractivity contribution in [1.82, 2.24) is 15.3 Å². The number of methoxy groups -OCH3 is 1. The predicted molar refractivity (Wildman–Crippen MR) is 80.8 cm³/mol. The summed E-state index contributed by atoms with van der Waals surface area (Å²) in [5.74, 6) is 1.10. The van der Waals surface area contributed by atoms with Gasteiger partial charge in [0.25, 0.3) is 0 Å². The van der Waals surface area contributed by atoms with Gasteiger partial charge in [0.05, 0.1) is 17.6 Å². The van der Waals surface area contributed by atoms with Gasteiger partial charge in [-0.15, -0.1) is 0 Å². The molecular weight excluding hydrogens is 258 g/mol. The Hall–Kier alpha value is -1.04. The minimum atomic E-state index is 0.785. The molecule has 0 atom stereocenters. The first-order valence-corrected chi connectivity index (χ1v) is 7.66. The van der Waals surface area contributed by atoms with E-state index in [2.05, 4.69) is 21.4 Å². The Balaban J connectivity index is 1.60. The van der Waals surface area contributed by atoms with Crippen LogP contribution in [-0.2, 0) is 4.74 Å². The van der Waals surface area contributed by atoms with Crippen LogP contribution in [0.4, 0.5) is 0 Å². The van der Waals surface area contributed by atoms with E-state index in [1.807, 2.05) is 18.2 Å². The molecule has 0 amide bonds. The molecule has 2 rings (SSSR count). The molecule has 0 saturated heterocycles. The van der Waals surface area contributed by atoms with E-state index in [-0.39, 0.29) is 0 Å². The third-order valence-corrected chi connectivity index (χ3v) is 3.80. The maximum atomic E-state index is 4.98. The minimum Gasteiger partial charge on any atom is -0.383 e. The van der Waals surface area contributed by atoms with Crippen LogP contribution in [0.2, 0.25) is 0 Å². The van der Waals surface area contributed by atoms with Gasteiger partial charge in [-0.05, 0) is 31.5 Å². The van der Waals surface area contributed by atoms with Crippen molar-refractivity contribution in [2.24, 2.45) is 0 Å². The third-order valence-electron chi connectivity index (χ3n) is 2.84. The fraction of sp³-hybridized carbons (Fsp3) is 0.500. The topological polar surface area (TPSA) is 49.9 Å². The smallest absolute Gasteiger partial charge is 0.166 e. The van der Waals surface area contributed by atoms with Crippen molar-refractivity contribution in [2.75, 3.05) is 32.6 Å². The fourth-order valence-electron chi connectivity index (χ4n) is 1.82. The number of nitrogens with zero attached hydrogens (tertiary/aromatic N) is 1. The first-order chi connectivity index (χ1) is 9.40. The molecule has 1 aromatic heterocycles. The molecule has 1 aromatic carbocycles. The van der Waals surface area contributed by atoms with Crippen LogP contribution in [0.15, 0.2) is 29.4 Å². The average molecular weight is 279 g/mol. The van der Waals surface area contributed by atoms with E-state index in [1.54, 1.807) is 18.9 Å². The van der Waals surface area contributed by atoms with Crippen LogP contribution >= 0.6 is 11.8 Å². The van der Waals surface area contributed by atoms with E-state index >= 15 is 0 Å². The summed E-state index contributed by atoms with van der Waals surface area (Å²) in [6.07, 6.45) is 2.39. The van der Waals surface area contributed by atoms with Crippen LogP contribution in [0.3, 0.4) is 0 Å².